The van der Waals surface area contributed by atoms with Crippen molar-refractivity contribution in [3.8, 4) is 23.1 Å². The van der Waals surface area contributed by atoms with Crippen LogP contribution >= 0.6 is 11.3 Å². The SMILES string of the molecule is Cc1ccc(-c2csc(C(C#N)C(=O)COc3ccc(C(C)(C)C)cc3)n2)cc1. The summed E-state index contributed by atoms with van der Waals surface area (Å²) in [5, 5.41) is 11.9. The molecule has 2 aromatic carbocycles. The first-order valence-electron chi connectivity index (χ1n) is 9.46. The summed E-state index contributed by atoms with van der Waals surface area (Å²) in [6, 6.07) is 17.8. The molecule has 1 heterocycles. The number of aryl methyl sites for hydroxylation is 1. The fourth-order valence-electron chi connectivity index (χ4n) is 2.83. The lowest BCUT2D eigenvalue weighted by Gasteiger charge is -2.19. The highest BCUT2D eigenvalue weighted by Crippen LogP contribution is 2.28. The number of Topliss-reactive ketones (excluding diaryl/α,β-unsaturated/α-hetero) is 1. The van der Waals surface area contributed by atoms with Crippen molar-refractivity contribution in [2.45, 2.75) is 39.0 Å². The minimum absolute atomic E-state index is 0.0558. The first-order chi connectivity index (χ1) is 13.8. The van der Waals surface area contributed by atoms with Crippen LogP contribution in [0.3, 0.4) is 0 Å². The van der Waals surface area contributed by atoms with Crippen LogP contribution < -0.4 is 4.74 Å². The normalized spacial score (nSPS) is 12.2. The second kappa shape index (κ2) is 8.59. The van der Waals surface area contributed by atoms with Gasteiger partial charge in [0.25, 0.3) is 0 Å². The smallest absolute Gasteiger partial charge is 0.194 e. The first-order valence-corrected chi connectivity index (χ1v) is 10.3. The summed E-state index contributed by atoms with van der Waals surface area (Å²) in [5.74, 6) is -0.604. The summed E-state index contributed by atoms with van der Waals surface area (Å²) in [6.45, 7) is 8.29. The van der Waals surface area contributed by atoms with Crippen molar-refractivity contribution in [2.75, 3.05) is 6.61 Å². The van der Waals surface area contributed by atoms with Crippen molar-refractivity contribution in [1.82, 2.24) is 4.98 Å². The predicted octanol–water partition coefficient (Wildman–Crippen LogP) is 5.67. The minimum Gasteiger partial charge on any atom is -0.486 e. The van der Waals surface area contributed by atoms with E-state index in [1.54, 1.807) is 0 Å². The molecule has 1 unspecified atom stereocenters. The largest absolute Gasteiger partial charge is 0.486 e. The third-order valence-electron chi connectivity index (χ3n) is 4.67. The highest BCUT2D eigenvalue weighted by atomic mass is 32.1. The number of hydrogen-bond donors (Lipinski definition) is 0. The number of benzene rings is 2. The zero-order valence-corrected chi connectivity index (χ0v) is 17.9. The molecule has 0 saturated heterocycles. The number of carbonyl (C=O) groups is 1. The van der Waals surface area contributed by atoms with Crippen molar-refractivity contribution in [1.29, 1.82) is 5.26 Å². The van der Waals surface area contributed by atoms with E-state index >= 15 is 0 Å². The second-order valence-corrected chi connectivity index (χ2v) is 8.92. The van der Waals surface area contributed by atoms with Crippen molar-refractivity contribution in [2.24, 2.45) is 0 Å². The molecule has 0 N–H and O–H groups in total. The van der Waals surface area contributed by atoms with Crippen LogP contribution in [0.5, 0.6) is 5.75 Å². The maximum Gasteiger partial charge on any atom is 0.194 e. The zero-order chi connectivity index (χ0) is 21.0. The molecule has 4 nitrogen and oxygen atoms in total. The summed E-state index contributed by atoms with van der Waals surface area (Å²) in [4.78, 5) is 17.1. The Morgan fingerprint density at radius 1 is 1.14 bits per heavy atom. The van der Waals surface area contributed by atoms with Gasteiger partial charge in [-0.3, -0.25) is 4.79 Å². The summed E-state index contributed by atoms with van der Waals surface area (Å²) in [7, 11) is 0. The van der Waals surface area contributed by atoms with Gasteiger partial charge in [-0.15, -0.1) is 11.3 Å². The standard InChI is InChI=1S/C24H24N2O2S/c1-16-5-7-17(8-6-16)21-15-29-23(26-21)20(13-25)22(27)14-28-19-11-9-18(10-12-19)24(2,3)4/h5-12,15,20H,14H2,1-4H3. The van der Waals surface area contributed by atoms with Crippen molar-refractivity contribution in [3.05, 3.63) is 70.0 Å². The van der Waals surface area contributed by atoms with E-state index < -0.39 is 5.92 Å². The van der Waals surface area contributed by atoms with Gasteiger partial charge in [-0.25, -0.2) is 4.98 Å². The van der Waals surface area contributed by atoms with E-state index in [0.29, 0.717) is 10.8 Å². The number of nitrogens with zero attached hydrogens (tertiary/aromatic N) is 2. The van der Waals surface area contributed by atoms with Gasteiger partial charge in [0.05, 0.1) is 11.8 Å². The highest BCUT2D eigenvalue weighted by Gasteiger charge is 2.24. The monoisotopic (exact) mass is 404 g/mol. The van der Waals surface area contributed by atoms with Crippen molar-refractivity contribution in [3.63, 3.8) is 0 Å². The average Bonchev–Trinajstić information content (AvgIpc) is 3.17. The van der Waals surface area contributed by atoms with Crippen LogP contribution in [0.1, 0.15) is 42.8 Å². The van der Waals surface area contributed by atoms with E-state index in [4.69, 9.17) is 4.74 Å². The molecule has 29 heavy (non-hydrogen) atoms. The lowest BCUT2D eigenvalue weighted by molar-refractivity contribution is -0.121. The molecule has 3 aromatic rings. The van der Waals surface area contributed by atoms with E-state index in [-0.39, 0.29) is 17.8 Å². The van der Waals surface area contributed by atoms with Gasteiger partial charge in [-0.2, -0.15) is 5.26 Å². The van der Waals surface area contributed by atoms with Gasteiger partial charge in [0.2, 0.25) is 0 Å². The topological polar surface area (TPSA) is 63.0 Å². The van der Waals surface area contributed by atoms with Gasteiger partial charge in [-0.1, -0.05) is 62.7 Å². The van der Waals surface area contributed by atoms with E-state index in [2.05, 4.69) is 31.8 Å². The third-order valence-corrected chi connectivity index (χ3v) is 5.58. The second-order valence-electron chi connectivity index (χ2n) is 8.03. The molecular weight excluding hydrogens is 380 g/mol. The van der Waals surface area contributed by atoms with Crippen molar-refractivity contribution >= 4 is 17.1 Å². The number of ketones is 1. The Hall–Kier alpha value is -2.97. The van der Waals surface area contributed by atoms with Gasteiger partial charge in [0, 0.05) is 10.9 Å². The van der Waals surface area contributed by atoms with Gasteiger partial charge in [0.1, 0.15) is 17.4 Å². The van der Waals surface area contributed by atoms with Crippen LogP contribution in [-0.4, -0.2) is 17.4 Å². The number of rotatable bonds is 6. The summed E-state index contributed by atoms with van der Waals surface area (Å²) in [6.07, 6.45) is 0. The molecule has 3 rings (SSSR count). The molecule has 0 spiro atoms. The molecule has 1 atom stereocenters. The third kappa shape index (κ3) is 5.10. The Bertz CT molecular complexity index is 1020. The Balaban J connectivity index is 1.66. The fraction of sp³-hybridized carbons (Fsp3) is 0.292. The maximum absolute atomic E-state index is 12.6. The van der Waals surface area contributed by atoms with Crippen LogP contribution in [0.25, 0.3) is 11.3 Å². The van der Waals surface area contributed by atoms with Crippen molar-refractivity contribution < 1.29 is 9.53 Å². The van der Waals surface area contributed by atoms with E-state index in [1.807, 2.05) is 60.8 Å². The number of aromatic nitrogens is 1. The molecule has 0 aliphatic rings. The summed E-state index contributed by atoms with van der Waals surface area (Å²) >= 11 is 1.33. The highest BCUT2D eigenvalue weighted by molar-refractivity contribution is 7.10. The first kappa shape index (κ1) is 20.8. The number of carbonyl (C=O) groups excluding carboxylic acids is 1. The Morgan fingerprint density at radius 2 is 1.79 bits per heavy atom. The maximum atomic E-state index is 12.6. The lowest BCUT2D eigenvalue weighted by Crippen LogP contribution is -2.19. The number of ether oxygens (including phenoxy) is 1. The van der Waals surface area contributed by atoms with Gasteiger partial charge >= 0.3 is 0 Å². The van der Waals surface area contributed by atoms with E-state index in [9.17, 15) is 10.1 Å². The molecule has 0 radical (unpaired) electrons. The molecule has 0 saturated carbocycles. The molecule has 0 aliphatic heterocycles. The molecule has 0 aliphatic carbocycles. The number of nitriles is 1. The molecule has 148 valence electrons. The van der Waals surface area contributed by atoms with Crippen LogP contribution in [-0.2, 0) is 10.2 Å². The van der Waals surface area contributed by atoms with Crippen LogP contribution in [0.4, 0.5) is 0 Å². The average molecular weight is 405 g/mol. The Morgan fingerprint density at radius 3 is 2.38 bits per heavy atom. The van der Waals surface area contributed by atoms with Crippen LogP contribution in [0, 0.1) is 18.3 Å². The Labute approximate surface area is 175 Å². The molecule has 5 heteroatoms. The van der Waals surface area contributed by atoms with Gasteiger partial charge < -0.3 is 4.74 Å². The zero-order valence-electron chi connectivity index (χ0n) is 17.1. The van der Waals surface area contributed by atoms with Crippen LogP contribution in [0.15, 0.2) is 53.9 Å². The van der Waals surface area contributed by atoms with Gasteiger partial charge in [-0.05, 0) is 30.0 Å². The molecule has 0 amide bonds. The summed E-state index contributed by atoms with van der Waals surface area (Å²) in [5.41, 5.74) is 4.16. The quantitative estimate of drug-likeness (QED) is 0.531. The number of thiazole rings is 1. The lowest BCUT2D eigenvalue weighted by atomic mass is 9.87. The van der Waals surface area contributed by atoms with Gasteiger partial charge in [0.15, 0.2) is 11.7 Å². The molecule has 0 bridgehead atoms. The predicted molar refractivity (Wildman–Crippen MR) is 116 cm³/mol. The Kier molecular flexibility index (Phi) is 6.14. The molecule has 0 fully saturated rings. The van der Waals surface area contributed by atoms with Crippen LogP contribution in [0.2, 0.25) is 0 Å². The summed E-state index contributed by atoms with van der Waals surface area (Å²) < 4.78 is 5.62. The van der Waals surface area contributed by atoms with E-state index in [0.717, 1.165) is 11.3 Å². The van der Waals surface area contributed by atoms with E-state index in [1.165, 1.54) is 22.5 Å². The molecule has 1 aromatic heterocycles. The molecular formula is C24H24N2O2S. The number of hydrogen-bond acceptors (Lipinski definition) is 5. The fourth-order valence-corrected chi connectivity index (χ4v) is 3.72. The minimum atomic E-state index is -0.923.